The molecule has 2 N–H and O–H groups in total. The summed E-state index contributed by atoms with van der Waals surface area (Å²) in [5, 5.41) is 20.2. The Morgan fingerprint density at radius 2 is 2.37 bits per heavy atom. The van der Waals surface area contributed by atoms with Gasteiger partial charge in [-0.2, -0.15) is 0 Å². The van der Waals surface area contributed by atoms with E-state index in [-0.39, 0.29) is 5.75 Å². The van der Waals surface area contributed by atoms with Crippen LogP contribution in [0.3, 0.4) is 0 Å². The van der Waals surface area contributed by atoms with Gasteiger partial charge in [0.15, 0.2) is 4.34 Å². The van der Waals surface area contributed by atoms with Gasteiger partial charge in [-0.1, -0.05) is 29.2 Å². The number of carboxylic acid groups (broad SMARTS) is 1. The van der Waals surface area contributed by atoms with Crippen molar-refractivity contribution in [1.82, 2.24) is 15.2 Å². The highest BCUT2D eigenvalue weighted by Crippen LogP contribution is 2.25. The van der Waals surface area contributed by atoms with E-state index in [4.69, 9.17) is 5.11 Å². The number of aromatic nitrogens is 3. The molecule has 0 atom stereocenters. The molecule has 100 valence electrons. The van der Waals surface area contributed by atoms with Crippen LogP contribution in [-0.4, -0.2) is 32.0 Å². The van der Waals surface area contributed by atoms with E-state index in [1.165, 1.54) is 11.3 Å². The molecule has 0 amide bonds. The number of carbonyl (C=O) groups is 1. The Bertz CT molecular complexity index is 573. The van der Waals surface area contributed by atoms with Gasteiger partial charge in [-0.25, -0.2) is 0 Å². The first-order valence-corrected chi connectivity index (χ1v) is 7.28. The van der Waals surface area contributed by atoms with E-state index in [0.717, 1.165) is 23.0 Å². The fourth-order valence-corrected chi connectivity index (χ4v) is 2.79. The molecule has 0 radical (unpaired) electrons. The zero-order valence-corrected chi connectivity index (χ0v) is 11.8. The summed E-state index contributed by atoms with van der Waals surface area (Å²) in [5.41, 5.74) is 2.07. The highest BCUT2D eigenvalue weighted by Gasteiger charge is 2.07. The summed E-state index contributed by atoms with van der Waals surface area (Å²) in [6.45, 7) is 2.57. The minimum Gasteiger partial charge on any atom is -0.481 e. The predicted molar refractivity (Wildman–Crippen MR) is 74.6 cm³/mol. The standard InChI is InChI=1S/C11H12N4O2S2/c1-7-3-2-4-12-8(7)5-13-10-14-15-11(19-10)18-6-9(16)17/h2-4H,5-6H2,1H3,(H,13,14)(H,16,17). The van der Waals surface area contributed by atoms with Crippen LogP contribution in [0.5, 0.6) is 0 Å². The van der Waals surface area contributed by atoms with Gasteiger partial charge in [0.1, 0.15) is 0 Å². The second-order valence-electron chi connectivity index (χ2n) is 3.68. The zero-order valence-electron chi connectivity index (χ0n) is 10.2. The van der Waals surface area contributed by atoms with Crippen molar-refractivity contribution in [1.29, 1.82) is 0 Å². The van der Waals surface area contributed by atoms with Gasteiger partial charge in [-0.15, -0.1) is 10.2 Å². The number of hydrogen-bond acceptors (Lipinski definition) is 7. The van der Waals surface area contributed by atoms with Gasteiger partial charge in [0, 0.05) is 6.20 Å². The molecule has 0 aliphatic rings. The molecule has 6 nitrogen and oxygen atoms in total. The summed E-state index contributed by atoms with van der Waals surface area (Å²) in [6, 6.07) is 3.89. The number of aliphatic carboxylic acids is 1. The maximum absolute atomic E-state index is 10.4. The lowest BCUT2D eigenvalue weighted by atomic mass is 10.2. The van der Waals surface area contributed by atoms with E-state index in [1.807, 2.05) is 19.1 Å². The van der Waals surface area contributed by atoms with Crippen LogP contribution in [0.25, 0.3) is 0 Å². The quantitative estimate of drug-likeness (QED) is 0.788. The van der Waals surface area contributed by atoms with Crippen LogP contribution in [0.1, 0.15) is 11.3 Å². The first-order chi connectivity index (χ1) is 9.15. The third-order valence-electron chi connectivity index (χ3n) is 2.25. The molecule has 2 heterocycles. The molecule has 2 aromatic heterocycles. The van der Waals surface area contributed by atoms with Crippen LogP contribution in [0, 0.1) is 6.92 Å². The zero-order chi connectivity index (χ0) is 13.7. The van der Waals surface area contributed by atoms with Crippen molar-refractivity contribution in [3.05, 3.63) is 29.6 Å². The SMILES string of the molecule is Cc1cccnc1CNc1nnc(SCC(=O)O)s1. The van der Waals surface area contributed by atoms with Crippen molar-refractivity contribution < 1.29 is 9.90 Å². The van der Waals surface area contributed by atoms with Gasteiger partial charge in [-0.3, -0.25) is 9.78 Å². The highest BCUT2D eigenvalue weighted by atomic mass is 32.2. The number of nitrogens with one attached hydrogen (secondary N) is 1. The summed E-state index contributed by atoms with van der Waals surface area (Å²) < 4.78 is 0.641. The van der Waals surface area contributed by atoms with Gasteiger partial charge >= 0.3 is 5.97 Å². The van der Waals surface area contributed by atoms with Gasteiger partial charge in [-0.05, 0) is 18.6 Å². The molecule has 0 bridgehead atoms. The van der Waals surface area contributed by atoms with E-state index in [1.54, 1.807) is 6.20 Å². The normalized spacial score (nSPS) is 10.4. The van der Waals surface area contributed by atoms with Crippen LogP contribution in [0.2, 0.25) is 0 Å². The number of rotatable bonds is 6. The predicted octanol–water partition coefficient (Wildman–Crippen LogP) is 2.03. The maximum Gasteiger partial charge on any atom is 0.313 e. The first kappa shape index (κ1) is 13.8. The Hall–Kier alpha value is -1.67. The van der Waals surface area contributed by atoms with Crippen LogP contribution in [-0.2, 0) is 11.3 Å². The number of pyridine rings is 1. The molecule has 19 heavy (non-hydrogen) atoms. The van der Waals surface area contributed by atoms with Gasteiger partial charge < -0.3 is 10.4 Å². The number of anilines is 1. The summed E-state index contributed by atoms with van der Waals surface area (Å²) >= 11 is 2.50. The van der Waals surface area contributed by atoms with Crippen molar-refractivity contribution in [2.24, 2.45) is 0 Å². The fraction of sp³-hybridized carbons (Fsp3) is 0.273. The summed E-state index contributed by atoms with van der Waals surface area (Å²) in [4.78, 5) is 14.7. The number of thioether (sulfide) groups is 1. The smallest absolute Gasteiger partial charge is 0.313 e. The number of carboxylic acids is 1. The topological polar surface area (TPSA) is 88.0 Å². The van der Waals surface area contributed by atoms with Crippen molar-refractivity contribution in [2.75, 3.05) is 11.1 Å². The Morgan fingerprint density at radius 1 is 1.53 bits per heavy atom. The lowest BCUT2D eigenvalue weighted by molar-refractivity contribution is -0.133. The molecule has 0 aliphatic carbocycles. The van der Waals surface area contributed by atoms with Gasteiger partial charge in [0.05, 0.1) is 18.0 Å². The maximum atomic E-state index is 10.4. The van der Waals surface area contributed by atoms with Crippen LogP contribution < -0.4 is 5.32 Å². The highest BCUT2D eigenvalue weighted by molar-refractivity contribution is 8.01. The molecule has 2 aromatic rings. The van der Waals surface area contributed by atoms with Crippen molar-refractivity contribution in [3.63, 3.8) is 0 Å². The van der Waals surface area contributed by atoms with Crippen LogP contribution >= 0.6 is 23.1 Å². The third-order valence-corrected chi connectivity index (χ3v) is 4.25. The van der Waals surface area contributed by atoms with Gasteiger partial charge in [0.2, 0.25) is 5.13 Å². The Balaban J connectivity index is 1.90. The van der Waals surface area contributed by atoms with Crippen molar-refractivity contribution in [2.45, 2.75) is 17.8 Å². The monoisotopic (exact) mass is 296 g/mol. The molecule has 0 saturated carbocycles. The molecule has 2 rings (SSSR count). The molecular formula is C11H12N4O2S2. The molecule has 0 aromatic carbocycles. The average molecular weight is 296 g/mol. The minimum atomic E-state index is -0.862. The lowest BCUT2D eigenvalue weighted by Gasteiger charge is -2.04. The van der Waals surface area contributed by atoms with Gasteiger partial charge in [0.25, 0.3) is 0 Å². The summed E-state index contributed by atoms with van der Waals surface area (Å²) in [6.07, 6.45) is 1.75. The summed E-state index contributed by atoms with van der Waals surface area (Å²) in [7, 11) is 0. The second-order valence-corrected chi connectivity index (χ2v) is 5.88. The lowest BCUT2D eigenvalue weighted by Crippen LogP contribution is -2.03. The molecule has 0 unspecified atom stereocenters. The molecular weight excluding hydrogens is 284 g/mol. The minimum absolute atomic E-state index is 0.00597. The van der Waals surface area contributed by atoms with E-state index in [2.05, 4.69) is 20.5 Å². The Labute approximate surface area is 118 Å². The summed E-state index contributed by atoms with van der Waals surface area (Å²) in [5.74, 6) is -0.868. The molecule has 0 aliphatic heterocycles. The van der Waals surface area contributed by atoms with Crippen molar-refractivity contribution >= 4 is 34.2 Å². The second kappa shape index (κ2) is 6.48. The Kier molecular flexibility index (Phi) is 4.69. The first-order valence-electron chi connectivity index (χ1n) is 5.47. The average Bonchev–Trinajstić information content (AvgIpc) is 2.83. The van der Waals surface area contributed by atoms with E-state index >= 15 is 0 Å². The van der Waals surface area contributed by atoms with E-state index < -0.39 is 5.97 Å². The number of nitrogens with zero attached hydrogens (tertiary/aromatic N) is 3. The van der Waals surface area contributed by atoms with E-state index in [9.17, 15) is 4.79 Å². The molecule has 0 spiro atoms. The molecule has 0 saturated heterocycles. The van der Waals surface area contributed by atoms with Crippen LogP contribution in [0.4, 0.5) is 5.13 Å². The number of hydrogen-bond donors (Lipinski definition) is 2. The fourth-order valence-electron chi connectivity index (χ4n) is 1.33. The number of aryl methyl sites for hydroxylation is 1. The van der Waals surface area contributed by atoms with Crippen LogP contribution in [0.15, 0.2) is 22.7 Å². The molecule has 8 heteroatoms. The third kappa shape index (κ3) is 4.18. The van der Waals surface area contributed by atoms with E-state index in [0.29, 0.717) is 16.0 Å². The Morgan fingerprint density at radius 3 is 3.11 bits per heavy atom. The largest absolute Gasteiger partial charge is 0.481 e. The van der Waals surface area contributed by atoms with Crippen molar-refractivity contribution in [3.8, 4) is 0 Å². The molecule has 0 fully saturated rings.